The lowest BCUT2D eigenvalue weighted by Gasteiger charge is -2.11. The van der Waals surface area contributed by atoms with Crippen molar-refractivity contribution in [1.82, 2.24) is 4.57 Å². The van der Waals surface area contributed by atoms with Crippen molar-refractivity contribution in [3.05, 3.63) is 86.9 Å². The van der Waals surface area contributed by atoms with Gasteiger partial charge in [-0.05, 0) is 66.4 Å². The minimum absolute atomic E-state index is 0.0145. The summed E-state index contributed by atoms with van der Waals surface area (Å²) < 4.78 is 41.2. The molecule has 0 atom stereocenters. The fraction of sp³-hybridized carbons (Fsp3) is 0.167. The summed E-state index contributed by atoms with van der Waals surface area (Å²) >= 11 is 6.66. The summed E-state index contributed by atoms with van der Waals surface area (Å²) in [6.07, 6.45) is 1.25. The quantitative estimate of drug-likeness (QED) is 0.360. The van der Waals surface area contributed by atoms with Crippen LogP contribution in [-0.4, -0.2) is 31.1 Å². The van der Waals surface area contributed by atoms with Crippen LogP contribution in [0.4, 0.5) is 10.1 Å². The van der Waals surface area contributed by atoms with Crippen LogP contribution in [0.5, 0.6) is 0 Å². The maximum Gasteiger partial charge on any atom is 0.263 e. The molecule has 6 nitrogen and oxygen atoms in total. The lowest BCUT2D eigenvalue weighted by molar-refractivity contribution is -0.116. The zero-order valence-corrected chi connectivity index (χ0v) is 20.4. The molecule has 0 radical (unpaired) electrons. The van der Waals surface area contributed by atoms with Crippen LogP contribution >= 0.6 is 22.9 Å². The number of Topliss-reactive ketones (excluding diaryl/α,β-unsaturated/α-hetero) is 1. The third-order valence-corrected chi connectivity index (χ3v) is 8.65. The fourth-order valence-electron chi connectivity index (χ4n) is 3.63. The number of ketones is 1. The zero-order chi connectivity index (χ0) is 24.5. The number of anilines is 1. The molecule has 0 saturated carbocycles. The fourth-order valence-corrected chi connectivity index (χ4v) is 6.45. The van der Waals surface area contributed by atoms with Gasteiger partial charge >= 0.3 is 0 Å². The van der Waals surface area contributed by atoms with Gasteiger partial charge in [-0.25, -0.2) is 12.8 Å². The summed E-state index contributed by atoms with van der Waals surface area (Å²) in [5, 5.41) is 4.36. The van der Waals surface area contributed by atoms with Crippen LogP contribution in [-0.2, 0) is 21.1 Å². The van der Waals surface area contributed by atoms with E-state index in [1.54, 1.807) is 18.2 Å². The molecule has 10 heteroatoms. The van der Waals surface area contributed by atoms with Crippen LogP contribution in [0.1, 0.15) is 12.5 Å². The van der Waals surface area contributed by atoms with Crippen LogP contribution in [0.2, 0.25) is 4.34 Å². The number of carbonyl (C=O) groups is 1. The maximum absolute atomic E-state index is 14.9. The van der Waals surface area contributed by atoms with Crippen molar-refractivity contribution in [3.63, 3.8) is 0 Å². The molecule has 4 aromatic rings. The number of thiophene rings is 1. The van der Waals surface area contributed by atoms with Gasteiger partial charge < -0.3 is 5.32 Å². The van der Waals surface area contributed by atoms with Crippen molar-refractivity contribution in [2.24, 2.45) is 0 Å². The van der Waals surface area contributed by atoms with Gasteiger partial charge in [0.05, 0.1) is 10.0 Å². The summed E-state index contributed by atoms with van der Waals surface area (Å²) in [4.78, 5) is 25.3. The zero-order valence-electron chi connectivity index (χ0n) is 18.0. The second-order valence-electron chi connectivity index (χ2n) is 7.64. The Bertz CT molecular complexity index is 1560. The Morgan fingerprint density at radius 3 is 2.59 bits per heavy atom. The Kier molecular flexibility index (Phi) is 6.88. The summed E-state index contributed by atoms with van der Waals surface area (Å²) in [5.41, 5.74) is 0.870. The second-order valence-corrected chi connectivity index (χ2v) is 11.6. The molecule has 1 N–H and O–H groups in total. The lowest BCUT2D eigenvalue weighted by Crippen LogP contribution is -2.19. The number of sulfone groups is 1. The predicted octanol–water partition coefficient (Wildman–Crippen LogP) is 4.86. The first-order valence-corrected chi connectivity index (χ1v) is 13.2. The van der Waals surface area contributed by atoms with Crippen molar-refractivity contribution in [2.45, 2.75) is 17.6 Å². The number of hydrogen-bond donors (Lipinski definition) is 1. The molecule has 0 unspecified atom stereocenters. The predicted molar refractivity (Wildman–Crippen MR) is 134 cm³/mol. The smallest absolute Gasteiger partial charge is 0.263 e. The highest BCUT2D eigenvalue weighted by Crippen LogP contribution is 2.27. The van der Waals surface area contributed by atoms with E-state index in [0.29, 0.717) is 15.3 Å². The second kappa shape index (κ2) is 9.69. The molecule has 2 aromatic carbocycles. The van der Waals surface area contributed by atoms with Crippen LogP contribution in [0, 0.1) is 5.82 Å². The Morgan fingerprint density at radius 1 is 1.12 bits per heavy atom. The Morgan fingerprint density at radius 2 is 1.91 bits per heavy atom. The van der Waals surface area contributed by atoms with E-state index in [1.807, 2.05) is 13.0 Å². The largest absolute Gasteiger partial charge is 0.385 e. The summed E-state index contributed by atoms with van der Waals surface area (Å²) in [6, 6.07) is 13.9. The highest BCUT2D eigenvalue weighted by molar-refractivity contribution is 7.94. The minimum Gasteiger partial charge on any atom is -0.385 e. The third-order valence-electron chi connectivity index (χ3n) is 5.16. The van der Waals surface area contributed by atoms with E-state index in [9.17, 15) is 22.4 Å². The van der Waals surface area contributed by atoms with Crippen molar-refractivity contribution in [3.8, 4) is 5.69 Å². The number of hydrogen-bond acceptors (Lipinski definition) is 6. The van der Waals surface area contributed by atoms with Gasteiger partial charge in [0.15, 0.2) is 15.6 Å². The average Bonchev–Trinajstić information content (AvgIpc) is 3.22. The molecular formula is C24H20ClFN2O4S2. The number of fused-ring (bicyclic) bond motifs is 1. The first-order valence-electron chi connectivity index (χ1n) is 10.4. The van der Waals surface area contributed by atoms with E-state index in [0.717, 1.165) is 35.0 Å². The van der Waals surface area contributed by atoms with Crippen molar-refractivity contribution < 1.29 is 17.6 Å². The molecule has 0 aliphatic carbocycles. The van der Waals surface area contributed by atoms with Gasteiger partial charge in [-0.1, -0.05) is 17.7 Å². The summed E-state index contributed by atoms with van der Waals surface area (Å²) in [5.74, 6) is -1.97. The summed E-state index contributed by atoms with van der Waals surface area (Å²) in [6.45, 7) is 2.72. The number of nitrogens with one attached hydrogen (secondary N) is 1. The number of halogens is 2. The Labute approximate surface area is 204 Å². The molecule has 176 valence electrons. The van der Waals surface area contributed by atoms with Crippen molar-refractivity contribution in [1.29, 1.82) is 0 Å². The molecule has 0 amide bonds. The standard InChI is InChI=1S/C24H20ClFN2O4S2/c1-2-27-17-4-5-19-16(13-17)9-10-28(24(19)30)21-6-3-15(12-20(21)26)11-18(29)14-34(31,32)23-8-7-22(25)33-23/h3-10,12-13,27H,2,11,14H2,1H3. The molecule has 4 rings (SSSR count). The first kappa shape index (κ1) is 24.1. The molecule has 0 aliphatic heterocycles. The summed E-state index contributed by atoms with van der Waals surface area (Å²) in [7, 11) is -3.81. The van der Waals surface area contributed by atoms with Gasteiger partial charge in [0.25, 0.3) is 5.56 Å². The minimum atomic E-state index is -3.81. The number of carbonyl (C=O) groups excluding carboxylic acids is 1. The van der Waals surface area contributed by atoms with Crippen molar-refractivity contribution >= 4 is 55.0 Å². The lowest BCUT2D eigenvalue weighted by atomic mass is 10.1. The van der Waals surface area contributed by atoms with Crippen LogP contribution in [0.3, 0.4) is 0 Å². The highest BCUT2D eigenvalue weighted by Gasteiger charge is 2.22. The van der Waals surface area contributed by atoms with E-state index in [1.165, 1.54) is 35.0 Å². The topological polar surface area (TPSA) is 85.2 Å². The van der Waals surface area contributed by atoms with E-state index < -0.39 is 27.2 Å². The molecule has 0 bridgehead atoms. The van der Waals surface area contributed by atoms with Crippen LogP contribution < -0.4 is 10.9 Å². The van der Waals surface area contributed by atoms with Crippen molar-refractivity contribution in [2.75, 3.05) is 17.6 Å². The van der Waals surface area contributed by atoms with Gasteiger partial charge in [-0.15, -0.1) is 11.3 Å². The Balaban J connectivity index is 1.56. The average molecular weight is 519 g/mol. The Hall–Kier alpha value is -3.01. The van der Waals surface area contributed by atoms with Crippen LogP contribution in [0.15, 0.2) is 69.8 Å². The van der Waals surface area contributed by atoms with Gasteiger partial charge in [0.1, 0.15) is 15.8 Å². The normalized spacial score (nSPS) is 11.6. The van der Waals surface area contributed by atoms with Gasteiger partial charge in [-0.2, -0.15) is 0 Å². The SMILES string of the molecule is CCNc1ccc2c(=O)n(-c3ccc(CC(=O)CS(=O)(=O)c4ccc(Cl)s4)cc3F)ccc2c1. The number of aromatic nitrogens is 1. The van der Waals surface area contributed by atoms with Crippen LogP contribution in [0.25, 0.3) is 16.5 Å². The molecular weight excluding hydrogens is 499 g/mol. The van der Waals surface area contributed by atoms with E-state index in [2.05, 4.69) is 5.32 Å². The van der Waals surface area contributed by atoms with E-state index in [4.69, 9.17) is 11.6 Å². The van der Waals surface area contributed by atoms with E-state index in [-0.39, 0.29) is 21.9 Å². The molecule has 0 aliphatic rings. The van der Waals surface area contributed by atoms with Gasteiger partial charge in [-0.3, -0.25) is 14.2 Å². The highest BCUT2D eigenvalue weighted by atomic mass is 35.5. The number of benzene rings is 2. The number of pyridine rings is 1. The number of rotatable bonds is 8. The molecule has 0 fully saturated rings. The third kappa shape index (κ3) is 5.06. The van der Waals surface area contributed by atoms with Gasteiger partial charge in [0, 0.05) is 30.2 Å². The van der Waals surface area contributed by atoms with E-state index >= 15 is 0 Å². The molecule has 34 heavy (non-hydrogen) atoms. The monoisotopic (exact) mass is 518 g/mol. The number of nitrogens with zero attached hydrogens (tertiary/aromatic N) is 1. The van der Waals surface area contributed by atoms with Gasteiger partial charge in [0.2, 0.25) is 0 Å². The molecule has 0 saturated heterocycles. The molecule has 0 spiro atoms. The molecule has 2 heterocycles. The maximum atomic E-state index is 14.9. The molecule has 2 aromatic heterocycles. The first-order chi connectivity index (χ1) is 16.2.